The lowest BCUT2D eigenvalue weighted by Gasteiger charge is -2.10. The Balaban J connectivity index is 1.74. The Hall–Kier alpha value is -2.28. The average molecular weight is 394 g/mol. The minimum Gasteiger partial charge on any atom is -0.354 e. The van der Waals surface area contributed by atoms with Gasteiger partial charge in [0.05, 0.1) is 16.8 Å². The number of pyridine rings is 1. The van der Waals surface area contributed by atoms with E-state index in [1.54, 1.807) is 48.5 Å². The maximum Gasteiger partial charge on any atom is 0.263 e. The first-order chi connectivity index (χ1) is 11.9. The van der Waals surface area contributed by atoms with Crippen LogP contribution in [0.1, 0.15) is 0 Å². The molecule has 128 valence electrons. The molecule has 25 heavy (non-hydrogen) atoms. The molecule has 0 saturated carbocycles. The number of aromatic nitrogens is 1. The Labute approximate surface area is 155 Å². The van der Waals surface area contributed by atoms with Gasteiger partial charge in [0.15, 0.2) is 0 Å². The normalized spacial score (nSPS) is 11.1. The molecule has 0 aliphatic rings. The van der Waals surface area contributed by atoms with Crippen molar-refractivity contribution in [2.45, 2.75) is 4.90 Å². The Bertz CT molecular complexity index is 958. The minimum absolute atomic E-state index is 0.174. The maximum atomic E-state index is 12.3. The molecule has 0 unspecified atom stereocenters. The first kappa shape index (κ1) is 17.5. The number of halogens is 2. The summed E-state index contributed by atoms with van der Waals surface area (Å²) in [5, 5.41) is 4.12. The molecule has 5 nitrogen and oxygen atoms in total. The number of nitrogens with zero attached hydrogens (tertiary/aromatic N) is 1. The molecule has 0 bridgehead atoms. The fraction of sp³-hybridized carbons (Fsp3) is 0. The molecule has 2 aromatic carbocycles. The summed E-state index contributed by atoms with van der Waals surface area (Å²) in [4.78, 5) is 4.29. The van der Waals surface area contributed by atoms with Gasteiger partial charge in [-0.15, -0.1) is 0 Å². The highest BCUT2D eigenvalue weighted by molar-refractivity contribution is 7.92. The number of hydrogen-bond donors (Lipinski definition) is 2. The van der Waals surface area contributed by atoms with Crippen molar-refractivity contribution in [2.24, 2.45) is 0 Å². The van der Waals surface area contributed by atoms with Crippen LogP contribution >= 0.6 is 23.2 Å². The number of rotatable bonds is 5. The van der Waals surface area contributed by atoms with Gasteiger partial charge in [0, 0.05) is 15.7 Å². The van der Waals surface area contributed by atoms with Crippen LogP contribution in [0.25, 0.3) is 0 Å². The topological polar surface area (TPSA) is 71.1 Å². The van der Waals surface area contributed by atoms with Crippen LogP contribution in [0, 0.1) is 0 Å². The molecule has 0 spiro atoms. The third-order valence-electron chi connectivity index (χ3n) is 3.21. The van der Waals surface area contributed by atoms with Crippen molar-refractivity contribution in [2.75, 3.05) is 10.0 Å². The highest BCUT2D eigenvalue weighted by atomic mass is 35.5. The number of benzene rings is 2. The van der Waals surface area contributed by atoms with Crippen LogP contribution in [0.4, 0.5) is 17.2 Å². The van der Waals surface area contributed by atoms with Gasteiger partial charge in [-0.3, -0.25) is 4.72 Å². The van der Waals surface area contributed by atoms with E-state index >= 15 is 0 Å². The highest BCUT2D eigenvalue weighted by Gasteiger charge is 2.13. The Morgan fingerprint density at radius 2 is 1.52 bits per heavy atom. The van der Waals surface area contributed by atoms with Crippen molar-refractivity contribution >= 4 is 50.4 Å². The van der Waals surface area contributed by atoms with Crippen molar-refractivity contribution in [3.63, 3.8) is 0 Å². The summed E-state index contributed by atoms with van der Waals surface area (Å²) < 4.78 is 26.9. The molecule has 0 aliphatic carbocycles. The Kier molecular flexibility index (Phi) is 5.13. The van der Waals surface area contributed by atoms with E-state index in [-0.39, 0.29) is 10.7 Å². The quantitative estimate of drug-likeness (QED) is 0.644. The summed E-state index contributed by atoms with van der Waals surface area (Å²) >= 11 is 11.9. The van der Waals surface area contributed by atoms with Gasteiger partial charge < -0.3 is 5.32 Å². The number of nitrogens with one attached hydrogen (secondary N) is 2. The molecule has 0 radical (unpaired) electrons. The second kappa shape index (κ2) is 7.31. The average Bonchev–Trinajstić information content (AvgIpc) is 2.56. The predicted molar refractivity (Wildman–Crippen MR) is 101 cm³/mol. The van der Waals surface area contributed by atoms with Crippen LogP contribution in [0.5, 0.6) is 0 Å². The van der Waals surface area contributed by atoms with Crippen LogP contribution in [-0.4, -0.2) is 13.4 Å². The molecular formula is C17H13Cl2N3O2S. The summed E-state index contributed by atoms with van der Waals surface area (Å²) in [5.74, 6) is 0.221. The van der Waals surface area contributed by atoms with Gasteiger partial charge in [-0.2, -0.15) is 0 Å². The van der Waals surface area contributed by atoms with Gasteiger partial charge in [-0.25, -0.2) is 13.4 Å². The predicted octanol–water partition coefficient (Wildman–Crippen LogP) is 4.93. The highest BCUT2D eigenvalue weighted by Crippen LogP contribution is 2.25. The Morgan fingerprint density at radius 3 is 2.12 bits per heavy atom. The van der Waals surface area contributed by atoms with Gasteiger partial charge in [0.1, 0.15) is 5.82 Å². The molecule has 0 amide bonds. The summed E-state index contributed by atoms with van der Waals surface area (Å²) in [6, 6.07) is 16.4. The van der Waals surface area contributed by atoms with Crippen molar-refractivity contribution in [1.29, 1.82) is 0 Å². The van der Waals surface area contributed by atoms with E-state index in [0.29, 0.717) is 21.4 Å². The van der Waals surface area contributed by atoms with Crippen LogP contribution in [0.2, 0.25) is 10.0 Å². The van der Waals surface area contributed by atoms with E-state index in [2.05, 4.69) is 15.0 Å². The molecular weight excluding hydrogens is 381 g/mol. The molecule has 3 rings (SSSR count). The van der Waals surface area contributed by atoms with E-state index < -0.39 is 10.0 Å². The lowest BCUT2D eigenvalue weighted by molar-refractivity contribution is 0.601. The second-order valence-electron chi connectivity index (χ2n) is 5.13. The van der Waals surface area contributed by atoms with E-state index in [0.717, 1.165) is 0 Å². The summed E-state index contributed by atoms with van der Waals surface area (Å²) in [6.07, 6.45) is 1.51. The maximum absolute atomic E-state index is 12.3. The molecule has 1 aromatic heterocycles. The van der Waals surface area contributed by atoms with Gasteiger partial charge in [-0.05, 0) is 42.5 Å². The first-order valence-electron chi connectivity index (χ1n) is 7.19. The summed E-state index contributed by atoms with van der Waals surface area (Å²) in [7, 11) is -3.66. The van der Waals surface area contributed by atoms with Gasteiger partial charge in [-0.1, -0.05) is 41.4 Å². The van der Waals surface area contributed by atoms with Crippen LogP contribution in [0.15, 0.2) is 71.8 Å². The van der Waals surface area contributed by atoms with E-state index in [9.17, 15) is 8.42 Å². The molecule has 3 aromatic rings. The third kappa shape index (κ3) is 4.63. The van der Waals surface area contributed by atoms with Crippen molar-refractivity contribution in [3.05, 3.63) is 76.9 Å². The lowest BCUT2D eigenvalue weighted by Crippen LogP contribution is -2.13. The largest absolute Gasteiger partial charge is 0.354 e. The van der Waals surface area contributed by atoms with E-state index in [4.69, 9.17) is 23.2 Å². The second-order valence-corrected chi connectivity index (χ2v) is 7.69. The van der Waals surface area contributed by atoms with Crippen LogP contribution < -0.4 is 10.0 Å². The Morgan fingerprint density at radius 1 is 0.840 bits per heavy atom. The first-order valence-corrected chi connectivity index (χ1v) is 9.43. The fourth-order valence-electron chi connectivity index (χ4n) is 2.12. The van der Waals surface area contributed by atoms with E-state index in [1.165, 1.54) is 18.3 Å². The van der Waals surface area contributed by atoms with Crippen molar-refractivity contribution in [3.8, 4) is 0 Å². The lowest BCUT2D eigenvalue weighted by atomic mass is 10.3. The molecule has 8 heteroatoms. The van der Waals surface area contributed by atoms with Crippen molar-refractivity contribution < 1.29 is 8.42 Å². The monoisotopic (exact) mass is 393 g/mol. The standard InChI is InChI=1S/C17H13Cl2N3O2S/c18-12-8-13(19)10-15(9-12)21-14-6-7-17(20-11-14)22-25(23,24)16-4-2-1-3-5-16/h1-11,21H,(H,20,22). The molecule has 0 aliphatic heterocycles. The number of anilines is 3. The fourth-order valence-corrected chi connectivity index (χ4v) is 3.67. The zero-order valence-corrected chi connectivity index (χ0v) is 15.1. The minimum atomic E-state index is -3.66. The van der Waals surface area contributed by atoms with Crippen LogP contribution in [-0.2, 0) is 10.0 Å². The molecule has 1 heterocycles. The third-order valence-corrected chi connectivity index (χ3v) is 5.01. The zero-order chi connectivity index (χ0) is 17.9. The summed E-state index contributed by atoms with van der Waals surface area (Å²) in [5.41, 5.74) is 1.37. The smallest absolute Gasteiger partial charge is 0.263 e. The summed E-state index contributed by atoms with van der Waals surface area (Å²) in [6.45, 7) is 0. The van der Waals surface area contributed by atoms with E-state index in [1.807, 2.05) is 0 Å². The van der Waals surface area contributed by atoms with Crippen LogP contribution in [0.3, 0.4) is 0 Å². The van der Waals surface area contributed by atoms with Gasteiger partial charge in [0.25, 0.3) is 10.0 Å². The molecule has 2 N–H and O–H groups in total. The van der Waals surface area contributed by atoms with Gasteiger partial charge in [0.2, 0.25) is 0 Å². The SMILES string of the molecule is O=S(=O)(Nc1ccc(Nc2cc(Cl)cc(Cl)c2)cn1)c1ccccc1. The zero-order valence-electron chi connectivity index (χ0n) is 12.8. The number of sulfonamides is 1. The molecule has 0 fully saturated rings. The number of hydrogen-bond acceptors (Lipinski definition) is 4. The molecule has 0 saturated heterocycles. The molecule has 0 atom stereocenters. The van der Waals surface area contributed by atoms with Crippen molar-refractivity contribution in [1.82, 2.24) is 4.98 Å². The van der Waals surface area contributed by atoms with Gasteiger partial charge >= 0.3 is 0 Å².